The van der Waals surface area contributed by atoms with Crippen LogP contribution in [0.25, 0.3) is 0 Å². The van der Waals surface area contributed by atoms with Crippen LogP contribution in [0.1, 0.15) is 37.0 Å². The smallest absolute Gasteiger partial charge is 0.329 e. The molecule has 0 saturated carbocycles. The van der Waals surface area contributed by atoms with Crippen LogP contribution >= 0.6 is 23.2 Å². The molecule has 0 fully saturated rings. The van der Waals surface area contributed by atoms with Crippen LogP contribution < -0.4 is 5.32 Å². The molecule has 1 aromatic rings. The number of nitrogens with one attached hydrogen (secondary N) is 1. The zero-order valence-electron chi connectivity index (χ0n) is 10.7. The molecule has 1 amide bonds. The second-order valence-electron chi connectivity index (χ2n) is 4.44. The minimum absolute atomic E-state index is 0.0920. The monoisotopic (exact) mass is 303 g/mol. The fourth-order valence-corrected chi connectivity index (χ4v) is 2.32. The van der Waals surface area contributed by atoms with Gasteiger partial charge in [-0.1, -0.05) is 42.6 Å². The third kappa shape index (κ3) is 3.61. The molecule has 0 aliphatic heterocycles. The lowest BCUT2D eigenvalue weighted by atomic mass is 9.95. The molecule has 0 aromatic heterocycles. The summed E-state index contributed by atoms with van der Waals surface area (Å²) in [5, 5.41) is 12.1. The van der Waals surface area contributed by atoms with Crippen molar-refractivity contribution in [1.29, 1.82) is 0 Å². The summed E-state index contributed by atoms with van der Waals surface area (Å²) in [7, 11) is 0. The van der Waals surface area contributed by atoms with Crippen molar-refractivity contribution in [3.8, 4) is 0 Å². The number of rotatable bonds is 5. The van der Waals surface area contributed by atoms with Crippen molar-refractivity contribution in [2.45, 2.75) is 32.2 Å². The SMILES string of the molecule is CCCC(C)(NC(=O)c1c(Cl)cccc1Cl)C(=O)O. The van der Waals surface area contributed by atoms with E-state index in [-0.39, 0.29) is 15.6 Å². The minimum atomic E-state index is -1.34. The maximum atomic E-state index is 12.1. The van der Waals surface area contributed by atoms with Crippen LogP contribution in [0.2, 0.25) is 10.0 Å². The van der Waals surface area contributed by atoms with Crippen LogP contribution in [0.5, 0.6) is 0 Å². The Morgan fingerprint density at radius 3 is 2.26 bits per heavy atom. The summed E-state index contributed by atoms with van der Waals surface area (Å²) in [6, 6.07) is 4.67. The molecule has 0 aliphatic rings. The molecule has 1 aromatic carbocycles. The van der Waals surface area contributed by atoms with Crippen molar-refractivity contribution in [2.75, 3.05) is 0 Å². The van der Waals surface area contributed by atoms with E-state index in [1.165, 1.54) is 19.1 Å². The normalized spacial score (nSPS) is 13.7. The largest absolute Gasteiger partial charge is 0.480 e. The quantitative estimate of drug-likeness (QED) is 0.876. The third-order valence-corrected chi connectivity index (χ3v) is 3.43. The number of carboxylic acids is 1. The molecule has 0 aliphatic carbocycles. The molecule has 0 spiro atoms. The van der Waals surface area contributed by atoms with Gasteiger partial charge in [-0.15, -0.1) is 0 Å². The first kappa shape index (κ1) is 15.8. The number of carbonyl (C=O) groups excluding carboxylic acids is 1. The number of carboxylic acid groups (broad SMARTS) is 1. The lowest BCUT2D eigenvalue weighted by molar-refractivity contribution is -0.144. The van der Waals surface area contributed by atoms with Gasteiger partial charge in [0.15, 0.2) is 0 Å². The van der Waals surface area contributed by atoms with Crippen LogP contribution in [0.4, 0.5) is 0 Å². The fourth-order valence-electron chi connectivity index (χ4n) is 1.75. The van der Waals surface area contributed by atoms with Crippen LogP contribution in [0.3, 0.4) is 0 Å². The van der Waals surface area contributed by atoms with Gasteiger partial charge in [-0.25, -0.2) is 4.79 Å². The molecular weight excluding hydrogens is 289 g/mol. The first-order chi connectivity index (χ1) is 8.81. The van der Waals surface area contributed by atoms with E-state index >= 15 is 0 Å². The lowest BCUT2D eigenvalue weighted by Gasteiger charge is -2.26. The number of aliphatic carboxylic acids is 1. The van der Waals surface area contributed by atoms with Crippen molar-refractivity contribution < 1.29 is 14.7 Å². The third-order valence-electron chi connectivity index (χ3n) is 2.80. The summed E-state index contributed by atoms with van der Waals surface area (Å²) < 4.78 is 0. The number of hydrogen-bond donors (Lipinski definition) is 2. The van der Waals surface area contributed by atoms with Gasteiger partial charge in [0.05, 0.1) is 15.6 Å². The molecule has 1 rings (SSSR count). The van der Waals surface area contributed by atoms with Crippen molar-refractivity contribution in [2.24, 2.45) is 0 Å². The Kier molecular flexibility index (Phi) is 5.20. The van der Waals surface area contributed by atoms with Crippen LogP contribution in [0.15, 0.2) is 18.2 Å². The van der Waals surface area contributed by atoms with Gasteiger partial charge in [-0.2, -0.15) is 0 Å². The van der Waals surface area contributed by atoms with Gasteiger partial charge in [0.1, 0.15) is 5.54 Å². The first-order valence-corrected chi connectivity index (χ1v) is 6.57. The standard InChI is InChI=1S/C13H15Cl2NO3/c1-3-7-13(2,12(18)19)16-11(17)10-8(14)5-4-6-9(10)15/h4-6H,3,7H2,1-2H3,(H,16,17)(H,18,19). The van der Waals surface area contributed by atoms with Crippen molar-refractivity contribution >= 4 is 35.1 Å². The number of carbonyl (C=O) groups is 2. The number of hydrogen-bond acceptors (Lipinski definition) is 2. The number of amides is 1. The zero-order valence-corrected chi connectivity index (χ0v) is 12.2. The Hall–Kier alpha value is -1.26. The summed E-state index contributed by atoms with van der Waals surface area (Å²) >= 11 is 11.8. The number of benzene rings is 1. The molecule has 4 nitrogen and oxygen atoms in total. The van der Waals surface area contributed by atoms with E-state index in [9.17, 15) is 14.7 Å². The summed E-state index contributed by atoms with van der Waals surface area (Å²) in [6.07, 6.45) is 0.940. The molecule has 0 saturated heterocycles. The fraction of sp³-hybridized carbons (Fsp3) is 0.385. The van der Waals surface area contributed by atoms with E-state index in [1.807, 2.05) is 6.92 Å². The molecule has 0 heterocycles. The Bertz CT molecular complexity index is 484. The second kappa shape index (κ2) is 6.26. The van der Waals surface area contributed by atoms with Gasteiger partial charge in [0.25, 0.3) is 5.91 Å². The predicted octanol–water partition coefficient (Wildman–Crippen LogP) is 3.37. The van der Waals surface area contributed by atoms with Gasteiger partial charge in [-0.05, 0) is 25.5 Å². The van der Waals surface area contributed by atoms with Gasteiger partial charge < -0.3 is 10.4 Å². The molecule has 1 unspecified atom stereocenters. The Morgan fingerprint density at radius 1 is 1.32 bits per heavy atom. The first-order valence-electron chi connectivity index (χ1n) is 5.81. The van der Waals surface area contributed by atoms with Crippen LogP contribution in [0, 0.1) is 0 Å². The van der Waals surface area contributed by atoms with Crippen molar-refractivity contribution in [1.82, 2.24) is 5.32 Å². The predicted molar refractivity (Wildman–Crippen MR) is 74.9 cm³/mol. The summed E-state index contributed by atoms with van der Waals surface area (Å²) in [6.45, 7) is 3.30. The van der Waals surface area contributed by atoms with Crippen LogP contribution in [-0.2, 0) is 4.79 Å². The lowest BCUT2D eigenvalue weighted by Crippen LogP contribution is -2.52. The average Bonchev–Trinajstić information content (AvgIpc) is 2.28. The van der Waals surface area contributed by atoms with Crippen molar-refractivity contribution in [3.63, 3.8) is 0 Å². The summed E-state index contributed by atoms with van der Waals surface area (Å²) in [5.41, 5.74) is -1.25. The topological polar surface area (TPSA) is 66.4 Å². The van der Waals surface area contributed by atoms with Crippen LogP contribution in [-0.4, -0.2) is 22.5 Å². The maximum Gasteiger partial charge on any atom is 0.329 e. The highest BCUT2D eigenvalue weighted by atomic mass is 35.5. The van der Waals surface area contributed by atoms with E-state index < -0.39 is 17.4 Å². The molecule has 1 atom stereocenters. The van der Waals surface area contributed by atoms with Gasteiger partial charge in [0.2, 0.25) is 0 Å². The van der Waals surface area contributed by atoms with Gasteiger partial charge >= 0.3 is 5.97 Å². The Labute approximate surface area is 121 Å². The molecular formula is C13H15Cl2NO3. The second-order valence-corrected chi connectivity index (χ2v) is 5.25. The molecule has 0 bridgehead atoms. The average molecular weight is 304 g/mol. The highest BCUT2D eigenvalue weighted by molar-refractivity contribution is 6.39. The maximum absolute atomic E-state index is 12.1. The molecule has 6 heteroatoms. The molecule has 104 valence electrons. The highest BCUT2D eigenvalue weighted by Crippen LogP contribution is 2.25. The Balaban J connectivity index is 3.04. The summed E-state index contributed by atoms with van der Waals surface area (Å²) in [4.78, 5) is 23.4. The molecule has 2 N–H and O–H groups in total. The van der Waals surface area contributed by atoms with E-state index in [2.05, 4.69) is 5.32 Å². The van der Waals surface area contributed by atoms with Gasteiger partial charge in [0, 0.05) is 0 Å². The zero-order chi connectivity index (χ0) is 14.6. The highest BCUT2D eigenvalue weighted by Gasteiger charge is 2.34. The Morgan fingerprint density at radius 2 is 1.84 bits per heavy atom. The number of halogens is 2. The van der Waals surface area contributed by atoms with E-state index in [0.717, 1.165) is 0 Å². The van der Waals surface area contributed by atoms with E-state index in [0.29, 0.717) is 12.8 Å². The molecule has 0 radical (unpaired) electrons. The van der Waals surface area contributed by atoms with Gasteiger partial charge in [-0.3, -0.25) is 4.79 Å². The van der Waals surface area contributed by atoms with E-state index in [1.54, 1.807) is 6.07 Å². The molecule has 19 heavy (non-hydrogen) atoms. The van der Waals surface area contributed by atoms with E-state index in [4.69, 9.17) is 23.2 Å². The van der Waals surface area contributed by atoms with Crippen molar-refractivity contribution in [3.05, 3.63) is 33.8 Å². The summed E-state index contributed by atoms with van der Waals surface area (Å²) in [5.74, 6) is -1.68. The minimum Gasteiger partial charge on any atom is -0.480 e.